The predicted octanol–water partition coefficient (Wildman–Crippen LogP) is 1.81. The van der Waals surface area contributed by atoms with Gasteiger partial charge in [0.2, 0.25) is 0 Å². The first-order valence-electron chi connectivity index (χ1n) is 4.51. The molecule has 0 radical (unpaired) electrons. The fraction of sp³-hybridized carbons (Fsp3) is 0.364. The summed E-state index contributed by atoms with van der Waals surface area (Å²) in [6, 6.07) is 1.90. The zero-order valence-corrected chi connectivity index (χ0v) is 9.52. The molecule has 0 bridgehead atoms. The van der Waals surface area contributed by atoms with Crippen molar-refractivity contribution in [2.45, 2.75) is 13.5 Å². The lowest BCUT2D eigenvalue weighted by atomic mass is 10.3. The Kier molecular flexibility index (Phi) is 4.88. The predicted molar refractivity (Wildman–Crippen MR) is 58.5 cm³/mol. The first-order chi connectivity index (χ1) is 7.26. The van der Waals surface area contributed by atoms with Crippen LogP contribution >= 0.6 is 11.3 Å². The van der Waals surface area contributed by atoms with E-state index in [1.54, 1.807) is 25.4 Å². The van der Waals surface area contributed by atoms with Crippen LogP contribution in [0.5, 0.6) is 0 Å². The van der Waals surface area contributed by atoms with Crippen LogP contribution in [0.3, 0.4) is 0 Å². The molecule has 0 aliphatic rings. The number of ether oxygens (including phenoxy) is 2. The van der Waals surface area contributed by atoms with Crippen LogP contribution in [0.2, 0.25) is 0 Å². The Morgan fingerprint density at radius 2 is 2.40 bits per heavy atom. The molecule has 0 atom stereocenters. The lowest BCUT2D eigenvalue weighted by molar-refractivity contribution is -0.136. The fourth-order valence-corrected chi connectivity index (χ4v) is 1.74. The Morgan fingerprint density at radius 1 is 1.60 bits per heavy atom. The highest BCUT2D eigenvalue weighted by atomic mass is 32.1. The van der Waals surface area contributed by atoms with Crippen molar-refractivity contribution in [3.05, 3.63) is 21.9 Å². The Labute approximate surface area is 93.0 Å². The molecule has 1 rings (SSSR count). The van der Waals surface area contributed by atoms with Gasteiger partial charge in [0.15, 0.2) is 0 Å². The highest BCUT2D eigenvalue weighted by Gasteiger charge is 1.97. The molecule has 0 aromatic carbocycles. The van der Waals surface area contributed by atoms with Crippen molar-refractivity contribution in [1.29, 1.82) is 0 Å². The molecule has 0 amide bonds. The molecule has 0 unspecified atom stereocenters. The molecule has 80 valence electrons. The molecule has 0 fully saturated rings. The van der Waals surface area contributed by atoms with E-state index in [0.29, 0.717) is 13.2 Å². The van der Waals surface area contributed by atoms with Crippen LogP contribution in [0.25, 0.3) is 0 Å². The summed E-state index contributed by atoms with van der Waals surface area (Å²) in [7, 11) is 1.64. The Balaban J connectivity index is 2.59. The Morgan fingerprint density at radius 3 is 3.07 bits per heavy atom. The summed E-state index contributed by atoms with van der Waals surface area (Å²) in [5.41, 5.74) is 0.820. The number of esters is 1. The van der Waals surface area contributed by atoms with Crippen molar-refractivity contribution >= 4 is 17.3 Å². The number of carbonyl (C=O) groups excluding carboxylic acids is 1. The lowest BCUT2D eigenvalue weighted by Crippen LogP contribution is -1.99. The van der Waals surface area contributed by atoms with Crippen molar-refractivity contribution in [2.75, 3.05) is 13.7 Å². The molecule has 1 aromatic heterocycles. The maximum Gasteiger partial charge on any atom is 0.384 e. The van der Waals surface area contributed by atoms with Crippen molar-refractivity contribution < 1.29 is 14.3 Å². The molecule has 1 aromatic rings. The van der Waals surface area contributed by atoms with E-state index in [1.807, 2.05) is 11.4 Å². The van der Waals surface area contributed by atoms with Gasteiger partial charge < -0.3 is 9.47 Å². The third-order valence-corrected chi connectivity index (χ3v) is 2.43. The summed E-state index contributed by atoms with van der Waals surface area (Å²) in [5.74, 6) is 4.66. The lowest BCUT2D eigenvalue weighted by Gasteiger charge is -1.90. The van der Waals surface area contributed by atoms with E-state index in [-0.39, 0.29) is 0 Å². The minimum atomic E-state index is -0.489. The number of methoxy groups -OCH3 is 1. The second-order valence-corrected chi connectivity index (χ2v) is 3.70. The second kappa shape index (κ2) is 6.23. The maximum absolute atomic E-state index is 10.9. The molecular formula is C11H12O3S. The fourth-order valence-electron chi connectivity index (χ4n) is 0.955. The van der Waals surface area contributed by atoms with Crippen LogP contribution in [0.15, 0.2) is 11.4 Å². The zero-order chi connectivity index (χ0) is 11.1. The van der Waals surface area contributed by atoms with Crippen molar-refractivity contribution in [2.24, 2.45) is 0 Å². The van der Waals surface area contributed by atoms with Gasteiger partial charge in [0, 0.05) is 28.9 Å². The second-order valence-electron chi connectivity index (χ2n) is 2.71. The third kappa shape index (κ3) is 4.15. The van der Waals surface area contributed by atoms with E-state index in [2.05, 4.69) is 16.6 Å². The van der Waals surface area contributed by atoms with E-state index in [4.69, 9.17) is 4.74 Å². The number of rotatable bonds is 3. The number of thiophene rings is 1. The molecule has 0 saturated carbocycles. The smallest absolute Gasteiger partial charge is 0.384 e. The van der Waals surface area contributed by atoms with Gasteiger partial charge in [0.05, 0.1) is 13.2 Å². The van der Waals surface area contributed by atoms with Gasteiger partial charge in [-0.1, -0.05) is 5.92 Å². The molecule has 3 nitrogen and oxygen atoms in total. The van der Waals surface area contributed by atoms with E-state index >= 15 is 0 Å². The number of carbonyl (C=O) groups is 1. The minimum Gasteiger partial charge on any atom is -0.456 e. The van der Waals surface area contributed by atoms with Gasteiger partial charge >= 0.3 is 5.97 Å². The van der Waals surface area contributed by atoms with Gasteiger partial charge in [-0.25, -0.2) is 4.79 Å². The molecule has 0 aliphatic heterocycles. The van der Waals surface area contributed by atoms with Gasteiger partial charge in [-0.05, 0) is 13.0 Å². The van der Waals surface area contributed by atoms with E-state index in [9.17, 15) is 4.79 Å². The largest absolute Gasteiger partial charge is 0.456 e. The van der Waals surface area contributed by atoms with Gasteiger partial charge in [0.1, 0.15) is 0 Å². The van der Waals surface area contributed by atoms with Crippen molar-refractivity contribution in [3.8, 4) is 11.8 Å². The SMILES string of the molecule is CCOC(=O)C#Cc1csc(COC)c1. The van der Waals surface area contributed by atoms with Crippen molar-refractivity contribution in [1.82, 2.24) is 0 Å². The number of hydrogen-bond acceptors (Lipinski definition) is 4. The summed E-state index contributed by atoms with van der Waals surface area (Å²) < 4.78 is 9.66. The normalized spacial score (nSPS) is 9.20. The maximum atomic E-state index is 10.9. The topological polar surface area (TPSA) is 35.5 Å². The summed E-state index contributed by atoms with van der Waals surface area (Å²) >= 11 is 1.56. The highest BCUT2D eigenvalue weighted by Crippen LogP contribution is 2.14. The van der Waals surface area contributed by atoms with Crippen LogP contribution < -0.4 is 0 Å². The van der Waals surface area contributed by atoms with Gasteiger partial charge in [-0.15, -0.1) is 11.3 Å². The van der Waals surface area contributed by atoms with Crippen LogP contribution in [0.4, 0.5) is 0 Å². The zero-order valence-electron chi connectivity index (χ0n) is 8.70. The Bertz CT molecular complexity index is 384. The van der Waals surface area contributed by atoms with Crippen LogP contribution in [0.1, 0.15) is 17.4 Å². The monoisotopic (exact) mass is 224 g/mol. The first kappa shape index (κ1) is 11.8. The number of hydrogen-bond donors (Lipinski definition) is 0. The molecule has 4 heteroatoms. The summed E-state index contributed by atoms with van der Waals surface area (Å²) in [5, 5.41) is 1.89. The third-order valence-electron chi connectivity index (χ3n) is 1.52. The molecular weight excluding hydrogens is 212 g/mol. The summed E-state index contributed by atoms with van der Waals surface area (Å²) in [4.78, 5) is 12.0. The van der Waals surface area contributed by atoms with E-state index in [0.717, 1.165) is 10.4 Å². The van der Waals surface area contributed by atoms with Crippen LogP contribution in [-0.4, -0.2) is 19.7 Å². The van der Waals surface area contributed by atoms with Gasteiger partial charge in [0.25, 0.3) is 0 Å². The van der Waals surface area contributed by atoms with Crippen LogP contribution in [-0.2, 0) is 20.9 Å². The minimum absolute atomic E-state index is 0.353. The van der Waals surface area contributed by atoms with E-state index in [1.165, 1.54) is 0 Å². The summed E-state index contributed by atoms with van der Waals surface area (Å²) in [6.07, 6.45) is 0. The quantitative estimate of drug-likeness (QED) is 0.580. The van der Waals surface area contributed by atoms with Crippen molar-refractivity contribution in [3.63, 3.8) is 0 Å². The first-order valence-corrected chi connectivity index (χ1v) is 5.39. The molecule has 1 heterocycles. The highest BCUT2D eigenvalue weighted by molar-refractivity contribution is 7.10. The molecule has 0 spiro atoms. The average Bonchev–Trinajstić information content (AvgIpc) is 2.64. The van der Waals surface area contributed by atoms with Gasteiger partial charge in [-0.3, -0.25) is 0 Å². The van der Waals surface area contributed by atoms with E-state index < -0.39 is 5.97 Å². The molecule has 0 saturated heterocycles. The Hall–Kier alpha value is -1.31. The van der Waals surface area contributed by atoms with Gasteiger partial charge in [-0.2, -0.15) is 0 Å². The molecule has 0 aliphatic carbocycles. The molecule has 0 N–H and O–H groups in total. The van der Waals surface area contributed by atoms with Crippen LogP contribution in [0, 0.1) is 11.8 Å². The average molecular weight is 224 g/mol. The molecule has 15 heavy (non-hydrogen) atoms. The standard InChI is InChI=1S/C11H12O3S/c1-3-14-11(12)5-4-9-6-10(7-13-2)15-8-9/h6,8H,3,7H2,1-2H3. The summed E-state index contributed by atoms with van der Waals surface area (Å²) in [6.45, 7) is 2.68.